The van der Waals surface area contributed by atoms with Gasteiger partial charge < -0.3 is 9.84 Å². The number of nitrogens with zero attached hydrogens (tertiary/aromatic N) is 1. The number of ether oxygens (including phenoxy) is 1. The Morgan fingerprint density at radius 1 is 1.33 bits per heavy atom. The third kappa shape index (κ3) is 4.59. The first-order chi connectivity index (χ1) is 7.36. The Bertz CT molecular complexity index is 305. The first-order valence-corrected chi connectivity index (χ1v) is 5.03. The maximum absolute atomic E-state index is 8.85. The van der Waals surface area contributed by atoms with Crippen LogP contribution in [0.2, 0.25) is 0 Å². The minimum Gasteiger partial charge on any atom is -0.396 e. The van der Waals surface area contributed by atoms with Gasteiger partial charge in [-0.1, -0.05) is 30.3 Å². The summed E-state index contributed by atoms with van der Waals surface area (Å²) in [6.45, 7) is 0.533. The molecule has 80 valence electrons. The van der Waals surface area contributed by atoms with Crippen molar-refractivity contribution in [3.05, 3.63) is 35.9 Å². The van der Waals surface area contributed by atoms with Crippen molar-refractivity contribution in [2.24, 2.45) is 0 Å². The molecule has 15 heavy (non-hydrogen) atoms. The molecule has 0 aromatic heterocycles. The molecule has 0 fully saturated rings. The minimum absolute atomic E-state index is 0.101. The van der Waals surface area contributed by atoms with Gasteiger partial charge in [0.15, 0.2) is 0 Å². The van der Waals surface area contributed by atoms with Crippen LogP contribution in [0.1, 0.15) is 12.0 Å². The lowest BCUT2D eigenvalue weighted by Gasteiger charge is -2.09. The van der Waals surface area contributed by atoms with Gasteiger partial charge in [0.2, 0.25) is 0 Å². The highest BCUT2D eigenvalue weighted by atomic mass is 16.5. The average Bonchev–Trinajstić information content (AvgIpc) is 2.29. The van der Waals surface area contributed by atoms with Gasteiger partial charge in [-0.05, 0) is 12.0 Å². The van der Waals surface area contributed by atoms with Crippen molar-refractivity contribution in [2.75, 3.05) is 13.2 Å². The average molecular weight is 205 g/mol. The zero-order valence-electron chi connectivity index (χ0n) is 8.60. The molecule has 0 bridgehead atoms. The lowest BCUT2D eigenvalue weighted by atomic mass is 10.1. The normalized spacial score (nSPS) is 12.0. The van der Waals surface area contributed by atoms with Crippen molar-refractivity contribution >= 4 is 0 Å². The number of rotatable bonds is 6. The number of hydrogen-bond acceptors (Lipinski definition) is 3. The molecule has 0 amide bonds. The fourth-order valence-electron chi connectivity index (χ4n) is 1.26. The van der Waals surface area contributed by atoms with E-state index in [1.54, 1.807) is 0 Å². The SMILES string of the molecule is N#CC(Cc1ccccc1)OCCCO. The second-order valence-corrected chi connectivity index (χ2v) is 3.26. The van der Waals surface area contributed by atoms with Gasteiger partial charge in [-0.2, -0.15) is 5.26 Å². The molecule has 0 aliphatic heterocycles. The Balaban J connectivity index is 2.38. The number of aliphatic hydroxyl groups is 1. The molecule has 0 spiro atoms. The van der Waals surface area contributed by atoms with Crippen LogP contribution in [0.15, 0.2) is 30.3 Å². The highest BCUT2D eigenvalue weighted by Gasteiger charge is 2.07. The molecule has 3 heteroatoms. The lowest BCUT2D eigenvalue weighted by molar-refractivity contribution is 0.0777. The smallest absolute Gasteiger partial charge is 0.147 e. The molecule has 0 saturated heterocycles. The van der Waals surface area contributed by atoms with Gasteiger partial charge in [-0.15, -0.1) is 0 Å². The number of benzene rings is 1. The summed E-state index contributed by atoms with van der Waals surface area (Å²) in [5, 5.41) is 17.4. The van der Waals surface area contributed by atoms with Crippen LogP contribution in [0.5, 0.6) is 0 Å². The highest BCUT2D eigenvalue weighted by molar-refractivity contribution is 5.16. The van der Waals surface area contributed by atoms with Crippen LogP contribution in [0.25, 0.3) is 0 Å². The Kier molecular flexibility index (Phi) is 5.46. The molecule has 0 radical (unpaired) electrons. The molecular weight excluding hydrogens is 190 g/mol. The molecule has 1 rings (SSSR count). The topological polar surface area (TPSA) is 53.2 Å². The van der Waals surface area contributed by atoms with Crippen LogP contribution >= 0.6 is 0 Å². The highest BCUT2D eigenvalue weighted by Crippen LogP contribution is 2.05. The molecule has 0 aliphatic rings. The van der Waals surface area contributed by atoms with Gasteiger partial charge in [0.1, 0.15) is 6.10 Å². The molecule has 0 aliphatic carbocycles. The van der Waals surface area contributed by atoms with Crippen LogP contribution < -0.4 is 0 Å². The van der Waals surface area contributed by atoms with E-state index in [4.69, 9.17) is 15.1 Å². The molecule has 3 nitrogen and oxygen atoms in total. The fraction of sp³-hybridized carbons (Fsp3) is 0.417. The van der Waals surface area contributed by atoms with Crippen LogP contribution in [0.4, 0.5) is 0 Å². The first kappa shape index (κ1) is 11.7. The van der Waals surface area contributed by atoms with Crippen LogP contribution in [0, 0.1) is 11.3 Å². The van der Waals surface area contributed by atoms with E-state index in [1.165, 1.54) is 0 Å². The van der Waals surface area contributed by atoms with Gasteiger partial charge >= 0.3 is 0 Å². The Hall–Kier alpha value is -1.37. The maximum atomic E-state index is 8.85. The zero-order valence-corrected chi connectivity index (χ0v) is 8.60. The van der Waals surface area contributed by atoms with Crippen LogP contribution in [-0.2, 0) is 11.2 Å². The molecule has 0 saturated carbocycles. The monoisotopic (exact) mass is 205 g/mol. The molecule has 1 atom stereocenters. The summed E-state index contributed by atoms with van der Waals surface area (Å²) in [6.07, 6.45) is 0.759. The van der Waals surface area contributed by atoms with Crippen molar-refractivity contribution < 1.29 is 9.84 Å². The minimum atomic E-state index is -0.418. The van der Waals surface area contributed by atoms with Gasteiger partial charge in [-0.25, -0.2) is 0 Å². The number of aliphatic hydroxyl groups excluding tert-OH is 1. The van der Waals surface area contributed by atoms with Crippen molar-refractivity contribution in [3.8, 4) is 6.07 Å². The van der Waals surface area contributed by atoms with Crippen molar-refractivity contribution in [3.63, 3.8) is 0 Å². The summed E-state index contributed by atoms with van der Waals surface area (Å²) in [4.78, 5) is 0. The van der Waals surface area contributed by atoms with Crippen LogP contribution in [-0.4, -0.2) is 24.4 Å². The molecule has 1 N–H and O–H groups in total. The van der Waals surface area contributed by atoms with E-state index in [-0.39, 0.29) is 6.61 Å². The predicted molar refractivity (Wildman–Crippen MR) is 57.2 cm³/mol. The van der Waals surface area contributed by atoms with Gasteiger partial charge in [0, 0.05) is 13.0 Å². The standard InChI is InChI=1S/C12H15NO2/c13-10-12(15-8-4-7-14)9-11-5-2-1-3-6-11/h1-3,5-6,12,14H,4,7-9H2. The number of nitriles is 1. The van der Waals surface area contributed by atoms with Gasteiger partial charge in [0.05, 0.1) is 12.7 Å². The molecular formula is C12H15NO2. The van der Waals surface area contributed by atoms with E-state index in [0.29, 0.717) is 19.4 Å². The predicted octanol–water partition coefficient (Wildman–Crippen LogP) is 1.52. The second kappa shape index (κ2) is 6.99. The second-order valence-electron chi connectivity index (χ2n) is 3.26. The first-order valence-electron chi connectivity index (χ1n) is 5.03. The number of hydrogen-bond donors (Lipinski definition) is 1. The lowest BCUT2D eigenvalue weighted by Crippen LogP contribution is -2.15. The summed E-state index contributed by atoms with van der Waals surface area (Å²) < 4.78 is 5.31. The summed E-state index contributed by atoms with van der Waals surface area (Å²) in [5.41, 5.74) is 1.09. The van der Waals surface area contributed by atoms with E-state index in [0.717, 1.165) is 5.56 Å². The molecule has 0 heterocycles. The molecule has 1 aromatic carbocycles. The van der Waals surface area contributed by atoms with E-state index >= 15 is 0 Å². The Morgan fingerprint density at radius 3 is 2.67 bits per heavy atom. The van der Waals surface area contributed by atoms with Gasteiger partial charge in [0.25, 0.3) is 0 Å². The van der Waals surface area contributed by atoms with E-state index in [1.807, 2.05) is 30.3 Å². The van der Waals surface area contributed by atoms with Crippen molar-refractivity contribution in [2.45, 2.75) is 18.9 Å². The quantitative estimate of drug-likeness (QED) is 0.716. The third-order valence-corrected chi connectivity index (χ3v) is 2.03. The van der Waals surface area contributed by atoms with Crippen molar-refractivity contribution in [1.82, 2.24) is 0 Å². The van der Waals surface area contributed by atoms with E-state index in [9.17, 15) is 0 Å². The third-order valence-electron chi connectivity index (χ3n) is 2.03. The van der Waals surface area contributed by atoms with E-state index < -0.39 is 6.10 Å². The van der Waals surface area contributed by atoms with Crippen LogP contribution in [0.3, 0.4) is 0 Å². The van der Waals surface area contributed by atoms with Gasteiger partial charge in [-0.3, -0.25) is 0 Å². The summed E-state index contributed by atoms with van der Waals surface area (Å²) in [7, 11) is 0. The summed E-state index contributed by atoms with van der Waals surface area (Å²) in [5.74, 6) is 0. The summed E-state index contributed by atoms with van der Waals surface area (Å²) >= 11 is 0. The van der Waals surface area contributed by atoms with Crippen molar-refractivity contribution in [1.29, 1.82) is 5.26 Å². The molecule has 1 aromatic rings. The Labute approximate surface area is 89.9 Å². The van der Waals surface area contributed by atoms with E-state index in [2.05, 4.69) is 6.07 Å². The fourth-order valence-corrected chi connectivity index (χ4v) is 1.26. The summed E-state index contributed by atoms with van der Waals surface area (Å²) in [6, 6.07) is 11.9. The maximum Gasteiger partial charge on any atom is 0.147 e. The Morgan fingerprint density at radius 2 is 2.07 bits per heavy atom. The zero-order chi connectivity index (χ0) is 10.9. The molecule has 1 unspecified atom stereocenters. The largest absolute Gasteiger partial charge is 0.396 e.